The number of nitrogens with one attached hydrogen (secondary N) is 1. The zero-order valence-corrected chi connectivity index (χ0v) is 17.8. The van der Waals surface area contributed by atoms with Gasteiger partial charge in [-0.1, -0.05) is 18.2 Å². The van der Waals surface area contributed by atoms with Crippen LogP contribution in [0.25, 0.3) is 28.2 Å². The van der Waals surface area contributed by atoms with Crippen LogP contribution in [0.1, 0.15) is 26.5 Å². The lowest BCUT2D eigenvalue weighted by molar-refractivity contribution is -0.137. The Balaban J connectivity index is 1.46. The molecule has 7 nitrogen and oxygen atoms in total. The number of carbonyl (C=O) groups is 2. The van der Waals surface area contributed by atoms with E-state index in [1.165, 1.54) is 12.1 Å². The molecule has 2 aromatic carbocycles. The minimum Gasteiger partial charge on any atom is -0.453 e. The molecule has 0 fully saturated rings. The average molecular weight is 476 g/mol. The molecule has 0 aliphatic carbocycles. The molecular formula is C25H15F3N4O3. The smallest absolute Gasteiger partial charge is 0.416 e. The molecule has 1 amide bonds. The molecule has 35 heavy (non-hydrogen) atoms. The van der Waals surface area contributed by atoms with E-state index in [0.29, 0.717) is 40.2 Å². The monoisotopic (exact) mass is 476 g/mol. The molecule has 0 saturated heterocycles. The fourth-order valence-electron chi connectivity index (χ4n) is 3.64. The summed E-state index contributed by atoms with van der Waals surface area (Å²) >= 11 is 0. The number of benzene rings is 2. The molecule has 3 heterocycles. The molecule has 0 radical (unpaired) electrons. The maximum Gasteiger partial charge on any atom is 0.416 e. The third kappa shape index (κ3) is 4.29. The highest BCUT2D eigenvalue weighted by atomic mass is 19.4. The number of aromatic nitrogens is 3. The van der Waals surface area contributed by atoms with Crippen molar-refractivity contribution < 1.29 is 27.2 Å². The second kappa shape index (κ2) is 8.56. The summed E-state index contributed by atoms with van der Waals surface area (Å²) in [7, 11) is 0. The van der Waals surface area contributed by atoms with Gasteiger partial charge in [-0.05, 0) is 48.5 Å². The number of amides is 1. The zero-order chi connectivity index (χ0) is 24.6. The summed E-state index contributed by atoms with van der Waals surface area (Å²) in [6, 6.07) is 16.0. The van der Waals surface area contributed by atoms with Gasteiger partial charge in [0.1, 0.15) is 5.76 Å². The predicted octanol–water partition coefficient (Wildman–Crippen LogP) is 5.74. The van der Waals surface area contributed by atoms with Crippen LogP contribution in [0, 0.1) is 0 Å². The van der Waals surface area contributed by atoms with E-state index in [2.05, 4.69) is 15.4 Å². The van der Waals surface area contributed by atoms with Gasteiger partial charge >= 0.3 is 6.18 Å². The molecule has 0 aliphatic rings. The Hall–Kier alpha value is -4.73. The number of fused-ring (bicyclic) bond motifs is 1. The van der Waals surface area contributed by atoms with E-state index in [0.717, 1.165) is 12.1 Å². The van der Waals surface area contributed by atoms with Gasteiger partial charge in [-0.25, -0.2) is 9.50 Å². The molecule has 0 atom stereocenters. The number of aldehydes is 1. The van der Waals surface area contributed by atoms with Gasteiger partial charge in [0.2, 0.25) is 0 Å². The first-order valence-electron chi connectivity index (χ1n) is 10.3. The second-order valence-electron chi connectivity index (χ2n) is 7.56. The van der Waals surface area contributed by atoms with Crippen molar-refractivity contribution in [1.29, 1.82) is 0 Å². The fraction of sp³-hybridized carbons (Fsp3) is 0.0400. The Labute approximate surface area is 195 Å². The van der Waals surface area contributed by atoms with E-state index < -0.39 is 17.6 Å². The van der Waals surface area contributed by atoms with Gasteiger partial charge in [-0.2, -0.15) is 18.3 Å². The lowest BCUT2D eigenvalue weighted by Crippen LogP contribution is -2.14. The highest BCUT2D eigenvalue weighted by molar-refractivity contribution is 6.04. The number of halogens is 3. The summed E-state index contributed by atoms with van der Waals surface area (Å²) < 4.78 is 46.0. The number of anilines is 1. The van der Waals surface area contributed by atoms with Crippen molar-refractivity contribution in [3.63, 3.8) is 0 Å². The van der Waals surface area contributed by atoms with Gasteiger partial charge in [-0.15, -0.1) is 0 Å². The van der Waals surface area contributed by atoms with Crippen molar-refractivity contribution in [2.45, 2.75) is 6.18 Å². The summed E-state index contributed by atoms with van der Waals surface area (Å²) in [5.74, 6) is -0.0492. The highest BCUT2D eigenvalue weighted by Crippen LogP contribution is 2.31. The maximum absolute atomic E-state index is 13.0. The van der Waals surface area contributed by atoms with Crippen molar-refractivity contribution in [3.05, 3.63) is 96.0 Å². The van der Waals surface area contributed by atoms with Crippen LogP contribution < -0.4 is 5.32 Å². The normalized spacial score (nSPS) is 11.5. The van der Waals surface area contributed by atoms with E-state index in [1.807, 2.05) is 0 Å². The highest BCUT2D eigenvalue weighted by Gasteiger charge is 2.30. The van der Waals surface area contributed by atoms with Crippen LogP contribution in [0.5, 0.6) is 0 Å². The van der Waals surface area contributed by atoms with Crippen LogP contribution in [-0.4, -0.2) is 26.8 Å². The van der Waals surface area contributed by atoms with Crippen LogP contribution in [0.3, 0.4) is 0 Å². The zero-order valence-electron chi connectivity index (χ0n) is 17.8. The molecule has 5 aromatic rings. The predicted molar refractivity (Wildman–Crippen MR) is 121 cm³/mol. The van der Waals surface area contributed by atoms with Crippen molar-refractivity contribution in [1.82, 2.24) is 14.6 Å². The summed E-state index contributed by atoms with van der Waals surface area (Å²) in [5.41, 5.74) is 1.80. The first-order valence-corrected chi connectivity index (χ1v) is 10.3. The van der Waals surface area contributed by atoms with Crippen LogP contribution in [-0.2, 0) is 6.18 Å². The van der Waals surface area contributed by atoms with Crippen LogP contribution in [0.4, 0.5) is 18.9 Å². The minimum atomic E-state index is -4.55. The first-order chi connectivity index (χ1) is 16.8. The number of furan rings is 1. The Kier molecular flexibility index (Phi) is 5.40. The minimum absolute atomic E-state index is 0.110. The van der Waals surface area contributed by atoms with Crippen LogP contribution in [0.15, 0.2) is 83.5 Å². The molecular weight excluding hydrogens is 461 g/mol. The third-order valence-electron chi connectivity index (χ3n) is 5.28. The first kappa shape index (κ1) is 22.1. The topological polar surface area (TPSA) is 89.5 Å². The number of carbonyl (C=O) groups excluding carboxylic acids is 2. The van der Waals surface area contributed by atoms with Gasteiger partial charge < -0.3 is 9.73 Å². The number of hydrogen-bond donors (Lipinski definition) is 1. The fourth-order valence-corrected chi connectivity index (χ4v) is 3.64. The standard InChI is InChI=1S/C25H15F3N4O3/c26-25(27,28)17-5-1-4-16(11-17)24(34)31-18-6-2-3-15(12-18)21-9-10-29-23-20(13-30-32(21)23)22-8-7-19(14-33)35-22/h1-14H,(H,31,34). The summed E-state index contributed by atoms with van der Waals surface area (Å²) in [4.78, 5) is 27.9. The summed E-state index contributed by atoms with van der Waals surface area (Å²) in [6.07, 6.45) is -0.783. The third-order valence-corrected chi connectivity index (χ3v) is 5.28. The lowest BCUT2D eigenvalue weighted by Gasteiger charge is -2.11. The van der Waals surface area contributed by atoms with Crippen LogP contribution in [0.2, 0.25) is 0 Å². The molecule has 0 bridgehead atoms. The van der Waals surface area contributed by atoms with Gasteiger partial charge in [0.15, 0.2) is 17.7 Å². The molecule has 1 N–H and O–H groups in total. The largest absolute Gasteiger partial charge is 0.453 e. The van der Waals surface area contributed by atoms with Crippen LogP contribution >= 0.6 is 0 Å². The second-order valence-corrected chi connectivity index (χ2v) is 7.56. The summed E-state index contributed by atoms with van der Waals surface area (Å²) in [5, 5.41) is 7.03. The number of nitrogens with zero attached hydrogens (tertiary/aromatic N) is 3. The quantitative estimate of drug-likeness (QED) is 0.327. The Morgan fingerprint density at radius 1 is 1.03 bits per heavy atom. The van der Waals surface area contributed by atoms with Gasteiger partial charge in [0.25, 0.3) is 5.91 Å². The van der Waals surface area contributed by atoms with Crippen molar-refractivity contribution in [3.8, 4) is 22.6 Å². The number of rotatable bonds is 5. The Morgan fingerprint density at radius 3 is 2.63 bits per heavy atom. The summed E-state index contributed by atoms with van der Waals surface area (Å²) in [6.45, 7) is 0. The molecule has 0 spiro atoms. The van der Waals surface area contributed by atoms with E-state index in [1.54, 1.807) is 59.4 Å². The molecule has 0 unspecified atom stereocenters. The van der Waals surface area contributed by atoms with Crippen molar-refractivity contribution >= 4 is 23.5 Å². The molecule has 3 aromatic heterocycles. The molecule has 174 valence electrons. The van der Waals surface area contributed by atoms with Gasteiger partial charge in [0, 0.05) is 23.0 Å². The number of hydrogen-bond acceptors (Lipinski definition) is 5. The molecule has 10 heteroatoms. The number of alkyl halides is 3. The molecule has 5 rings (SSSR count). The molecule has 0 saturated carbocycles. The SMILES string of the molecule is O=Cc1ccc(-c2cnn3c(-c4cccc(NC(=O)c5cccc(C(F)(F)F)c5)c4)ccnc23)o1. The van der Waals surface area contributed by atoms with Gasteiger partial charge in [-0.3, -0.25) is 9.59 Å². The van der Waals surface area contributed by atoms with Gasteiger partial charge in [0.05, 0.1) is 23.0 Å². The lowest BCUT2D eigenvalue weighted by atomic mass is 10.1. The van der Waals surface area contributed by atoms with E-state index in [9.17, 15) is 22.8 Å². The average Bonchev–Trinajstić information content (AvgIpc) is 3.50. The van der Waals surface area contributed by atoms with E-state index in [4.69, 9.17) is 4.42 Å². The molecule has 0 aliphatic heterocycles. The van der Waals surface area contributed by atoms with E-state index in [-0.39, 0.29) is 11.3 Å². The maximum atomic E-state index is 13.0. The van der Waals surface area contributed by atoms with E-state index >= 15 is 0 Å². The van der Waals surface area contributed by atoms with Crippen molar-refractivity contribution in [2.24, 2.45) is 0 Å². The Morgan fingerprint density at radius 2 is 1.86 bits per heavy atom. The Bertz CT molecular complexity index is 1570. The van der Waals surface area contributed by atoms with Crippen molar-refractivity contribution in [2.75, 3.05) is 5.32 Å².